The summed E-state index contributed by atoms with van der Waals surface area (Å²) in [4.78, 5) is 2.69. The van der Waals surface area contributed by atoms with Crippen LogP contribution in [-0.4, -0.2) is 49.8 Å². The average molecular weight is 322 g/mol. The van der Waals surface area contributed by atoms with E-state index in [4.69, 9.17) is 4.74 Å². The van der Waals surface area contributed by atoms with Crippen LogP contribution in [0.4, 0.5) is 0 Å². The maximum Gasteiger partial charge on any atom is 0.0713 e. The van der Waals surface area contributed by atoms with Crippen molar-refractivity contribution in [1.82, 2.24) is 10.2 Å². The first-order valence-corrected chi connectivity index (χ1v) is 8.96. The molecule has 4 rings (SSSR count). The quantitative estimate of drug-likeness (QED) is 0.937. The minimum absolute atomic E-state index is 0.365. The number of hydrogen-bond acceptors (Lipinski definition) is 3. The second-order valence-corrected chi connectivity index (χ2v) is 6.97. The van der Waals surface area contributed by atoms with Gasteiger partial charge in [0.1, 0.15) is 0 Å². The van der Waals surface area contributed by atoms with Gasteiger partial charge in [-0.2, -0.15) is 0 Å². The number of piperazine rings is 1. The van der Waals surface area contributed by atoms with E-state index in [-0.39, 0.29) is 0 Å². The highest BCUT2D eigenvalue weighted by Crippen LogP contribution is 2.36. The first-order valence-electron chi connectivity index (χ1n) is 8.96. The van der Waals surface area contributed by atoms with E-state index in [1.165, 1.54) is 11.1 Å². The zero-order valence-corrected chi connectivity index (χ0v) is 14.3. The Balaban J connectivity index is 1.71. The van der Waals surface area contributed by atoms with Crippen molar-refractivity contribution in [3.8, 4) is 0 Å². The number of nitrogens with one attached hydrogen (secondary N) is 1. The molecular formula is C21H26N2O. The number of rotatable bonds is 4. The van der Waals surface area contributed by atoms with Gasteiger partial charge in [0.15, 0.2) is 0 Å². The lowest BCUT2D eigenvalue weighted by Gasteiger charge is -2.42. The fourth-order valence-electron chi connectivity index (χ4n) is 4.46. The summed E-state index contributed by atoms with van der Waals surface area (Å²) in [5, 5.41) is 3.67. The topological polar surface area (TPSA) is 24.5 Å². The first kappa shape index (κ1) is 15.8. The summed E-state index contributed by atoms with van der Waals surface area (Å²) in [6.45, 7) is 3.15. The summed E-state index contributed by atoms with van der Waals surface area (Å²) in [7, 11) is 1.84. The molecule has 2 aliphatic rings. The summed E-state index contributed by atoms with van der Waals surface area (Å²) in [6, 6.07) is 22.9. The highest BCUT2D eigenvalue weighted by Gasteiger charge is 2.42. The minimum atomic E-state index is 0.365. The Morgan fingerprint density at radius 3 is 2.17 bits per heavy atom. The van der Waals surface area contributed by atoms with Gasteiger partial charge in [-0.05, 0) is 17.5 Å². The fraction of sp³-hybridized carbons (Fsp3) is 0.429. The van der Waals surface area contributed by atoms with E-state index in [0.29, 0.717) is 24.1 Å². The second-order valence-electron chi connectivity index (χ2n) is 6.97. The van der Waals surface area contributed by atoms with Crippen LogP contribution in [0.25, 0.3) is 0 Å². The van der Waals surface area contributed by atoms with Crippen molar-refractivity contribution in [1.29, 1.82) is 0 Å². The fourth-order valence-corrected chi connectivity index (χ4v) is 4.46. The van der Waals surface area contributed by atoms with E-state index in [9.17, 15) is 0 Å². The molecule has 0 unspecified atom stereocenters. The molecule has 0 bridgehead atoms. The molecule has 3 heteroatoms. The molecule has 3 atom stereocenters. The molecular weight excluding hydrogens is 296 g/mol. The second kappa shape index (κ2) is 7.06. The molecule has 0 saturated carbocycles. The van der Waals surface area contributed by atoms with Crippen molar-refractivity contribution >= 4 is 0 Å². The van der Waals surface area contributed by atoms with E-state index in [2.05, 4.69) is 70.9 Å². The Hall–Kier alpha value is -1.68. The van der Waals surface area contributed by atoms with E-state index in [0.717, 1.165) is 26.1 Å². The predicted octanol–water partition coefficient (Wildman–Crippen LogP) is 2.88. The van der Waals surface area contributed by atoms with Crippen LogP contribution in [0.1, 0.15) is 23.5 Å². The van der Waals surface area contributed by atoms with Gasteiger partial charge in [-0.1, -0.05) is 60.7 Å². The van der Waals surface area contributed by atoms with Gasteiger partial charge < -0.3 is 10.1 Å². The summed E-state index contributed by atoms with van der Waals surface area (Å²) in [5.74, 6) is 0.387. The highest BCUT2D eigenvalue weighted by molar-refractivity contribution is 5.35. The normalized spacial score (nSPS) is 27.3. The molecule has 24 heavy (non-hydrogen) atoms. The van der Waals surface area contributed by atoms with Crippen molar-refractivity contribution in [2.75, 3.05) is 26.7 Å². The standard InChI is InChI=1S/C21H26N2O/c1-24-19-12-18-13-22-14-20(23(18)15-19)21(16-8-4-2-5-9-16)17-10-6-3-7-11-17/h2-11,18-22H,12-15H2,1H3/t18-,19+,20-/m0/s1. The van der Waals surface area contributed by atoms with Crippen LogP contribution < -0.4 is 5.32 Å². The number of hydrogen-bond donors (Lipinski definition) is 1. The van der Waals surface area contributed by atoms with E-state index in [1.807, 2.05) is 7.11 Å². The molecule has 2 aliphatic heterocycles. The van der Waals surface area contributed by atoms with Crippen LogP contribution >= 0.6 is 0 Å². The monoisotopic (exact) mass is 322 g/mol. The molecule has 1 N–H and O–H groups in total. The molecule has 0 aromatic heterocycles. The van der Waals surface area contributed by atoms with Crippen LogP contribution in [0.5, 0.6) is 0 Å². The molecule has 2 aromatic rings. The van der Waals surface area contributed by atoms with Crippen molar-refractivity contribution < 1.29 is 4.74 Å². The van der Waals surface area contributed by atoms with Crippen LogP contribution in [0.3, 0.4) is 0 Å². The lowest BCUT2D eigenvalue weighted by molar-refractivity contribution is 0.0895. The molecule has 126 valence electrons. The third-order valence-corrected chi connectivity index (χ3v) is 5.61. The number of methoxy groups -OCH3 is 1. The maximum absolute atomic E-state index is 5.67. The van der Waals surface area contributed by atoms with Crippen molar-refractivity contribution in [3.63, 3.8) is 0 Å². The maximum atomic E-state index is 5.67. The van der Waals surface area contributed by atoms with Gasteiger partial charge >= 0.3 is 0 Å². The first-order chi connectivity index (χ1) is 11.9. The van der Waals surface area contributed by atoms with Gasteiger partial charge in [0.05, 0.1) is 6.10 Å². The van der Waals surface area contributed by atoms with Crippen LogP contribution in [0.15, 0.2) is 60.7 Å². The average Bonchev–Trinajstić information content (AvgIpc) is 3.08. The van der Waals surface area contributed by atoms with Crippen molar-refractivity contribution in [2.24, 2.45) is 0 Å². The van der Waals surface area contributed by atoms with Gasteiger partial charge in [0.2, 0.25) is 0 Å². The zero-order valence-electron chi connectivity index (χ0n) is 14.3. The lowest BCUT2D eigenvalue weighted by atomic mass is 9.83. The Bertz CT molecular complexity index is 606. The van der Waals surface area contributed by atoms with Gasteiger partial charge in [0, 0.05) is 44.7 Å². The minimum Gasteiger partial charge on any atom is -0.380 e. The third-order valence-electron chi connectivity index (χ3n) is 5.61. The number of ether oxygens (including phenoxy) is 1. The molecule has 0 radical (unpaired) electrons. The molecule has 2 fully saturated rings. The third kappa shape index (κ3) is 3.00. The molecule has 2 saturated heterocycles. The largest absolute Gasteiger partial charge is 0.380 e. The number of benzene rings is 2. The molecule has 3 nitrogen and oxygen atoms in total. The molecule has 0 spiro atoms. The number of nitrogens with zero attached hydrogens (tertiary/aromatic N) is 1. The van der Waals surface area contributed by atoms with Crippen LogP contribution in [-0.2, 0) is 4.74 Å². The summed E-state index contributed by atoms with van der Waals surface area (Å²) < 4.78 is 5.67. The predicted molar refractivity (Wildman–Crippen MR) is 97.3 cm³/mol. The Kier molecular flexibility index (Phi) is 4.65. The smallest absolute Gasteiger partial charge is 0.0713 e. The Morgan fingerprint density at radius 1 is 0.958 bits per heavy atom. The Labute approximate surface area is 144 Å². The summed E-state index contributed by atoms with van der Waals surface area (Å²) in [6.07, 6.45) is 1.50. The highest BCUT2D eigenvalue weighted by atomic mass is 16.5. The van der Waals surface area contributed by atoms with E-state index >= 15 is 0 Å². The van der Waals surface area contributed by atoms with Crippen molar-refractivity contribution in [2.45, 2.75) is 30.5 Å². The zero-order chi connectivity index (χ0) is 16.4. The van der Waals surface area contributed by atoms with Gasteiger partial charge in [-0.3, -0.25) is 4.90 Å². The van der Waals surface area contributed by atoms with Crippen LogP contribution in [0, 0.1) is 0 Å². The lowest BCUT2D eigenvalue weighted by Crippen LogP contribution is -2.56. The molecule has 0 amide bonds. The number of fused-ring (bicyclic) bond motifs is 1. The SMILES string of the molecule is CO[C@@H]1C[C@H]2CNC[C@@H](C(c3ccccc3)c3ccccc3)N2C1. The van der Waals surface area contributed by atoms with Crippen molar-refractivity contribution in [3.05, 3.63) is 71.8 Å². The molecule has 2 heterocycles. The van der Waals surface area contributed by atoms with Gasteiger partial charge in [-0.15, -0.1) is 0 Å². The Morgan fingerprint density at radius 2 is 1.58 bits per heavy atom. The van der Waals surface area contributed by atoms with Gasteiger partial charge in [-0.25, -0.2) is 0 Å². The summed E-state index contributed by atoms with van der Waals surface area (Å²) in [5.41, 5.74) is 2.80. The van der Waals surface area contributed by atoms with Gasteiger partial charge in [0.25, 0.3) is 0 Å². The molecule has 2 aromatic carbocycles. The van der Waals surface area contributed by atoms with E-state index in [1.54, 1.807) is 0 Å². The van der Waals surface area contributed by atoms with E-state index < -0.39 is 0 Å². The summed E-state index contributed by atoms with van der Waals surface area (Å²) >= 11 is 0. The molecule has 0 aliphatic carbocycles. The van der Waals surface area contributed by atoms with Crippen LogP contribution in [0.2, 0.25) is 0 Å².